The van der Waals surface area contributed by atoms with Crippen LogP contribution in [0.5, 0.6) is 0 Å². The lowest BCUT2D eigenvalue weighted by atomic mass is 9.81. The summed E-state index contributed by atoms with van der Waals surface area (Å²) < 4.78 is 22.1. The molecule has 4 aromatic rings. The van der Waals surface area contributed by atoms with Gasteiger partial charge in [0.25, 0.3) is 17.4 Å². The molecule has 69 heavy (non-hydrogen) atoms. The van der Waals surface area contributed by atoms with Gasteiger partial charge in [-0.1, -0.05) is 43.7 Å². The Bertz CT molecular complexity index is 2890. The number of nitrogens with zero attached hydrogens (tertiary/aromatic N) is 3. The standard InChI is InChI=1S/C51H53FN6O11/c1-3-51(68)36-22-40-47-34(26-58(40)49(66)35(36)27-69-50(51)67)46-38(15-14-33-28(2)37(52)23-39(56-47)45(33)46)55-42(62)25-54-48(65)30(20-29-10-6-4-7-11-29)21-32(60)24-53-41(61)16-13-31(59)12-8-5-9-19-57-43(63)17-18-44(57)64/h4,6-7,10-11,17-18,22-23,30,38,68H,3,5,8-9,12-16,19-21,24-27H2,1-2H3,(H,53,61)(H,54,65)(H,55,62)/t30-,38+,51+/m1/s1. The second-order valence-corrected chi connectivity index (χ2v) is 18.1. The number of ether oxygens (including phenoxy) is 1. The summed E-state index contributed by atoms with van der Waals surface area (Å²) in [5, 5.41) is 20.3. The van der Waals surface area contributed by atoms with Crippen molar-refractivity contribution in [3.63, 3.8) is 0 Å². The molecule has 360 valence electrons. The van der Waals surface area contributed by atoms with E-state index in [0.29, 0.717) is 71.1 Å². The summed E-state index contributed by atoms with van der Waals surface area (Å²) in [5.41, 5.74) is 1.96. The number of rotatable bonds is 20. The van der Waals surface area contributed by atoms with Crippen LogP contribution >= 0.6 is 0 Å². The predicted molar refractivity (Wildman–Crippen MR) is 246 cm³/mol. The number of cyclic esters (lactones) is 1. The van der Waals surface area contributed by atoms with Crippen LogP contribution in [0.3, 0.4) is 0 Å². The summed E-state index contributed by atoms with van der Waals surface area (Å²) in [5.74, 6) is -5.09. The molecule has 5 heterocycles. The van der Waals surface area contributed by atoms with Crippen molar-refractivity contribution >= 4 is 58.0 Å². The number of aryl methyl sites for hydroxylation is 1. The molecule has 2 aromatic heterocycles. The van der Waals surface area contributed by atoms with Crippen LogP contribution < -0.4 is 21.5 Å². The molecule has 4 N–H and O–H groups in total. The Labute approximate surface area is 395 Å². The average Bonchev–Trinajstić information content (AvgIpc) is 3.87. The normalized spacial score (nSPS) is 18.1. The zero-order chi connectivity index (χ0) is 49.1. The molecule has 2 aromatic carbocycles. The van der Waals surface area contributed by atoms with Gasteiger partial charge in [0, 0.05) is 72.9 Å². The first kappa shape index (κ1) is 48.3. The number of halogens is 1. The van der Waals surface area contributed by atoms with E-state index in [9.17, 15) is 48.3 Å². The summed E-state index contributed by atoms with van der Waals surface area (Å²) in [6, 6.07) is 11.3. The summed E-state index contributed by atoms with van der Waals surface area (Å²) >= 11 is 0. The maximum atomic E-state index is 15.4. The average molecular weight is 945 g/mol. The van der Waals surface area contributed by atoms with E-state index in [2.05, 4.69) is 16.0 Å². The van der Waals surface area contributed by atoms with Crippen molar-refractivity contribution in [3.05, 3.63) is 110 Å². The number of pyridine rings is 2. The fourth-order valence-electron chi connectivity index (χ4n) is 9.84. The van der Waals surface area contributed by atoms with E-state index in [-0.39, 0.29) is 93.5 Å². The van der Waals surface area contributed by atoms with Crippen molar-refractivity contribution < 1.29 is 52.6 Å². The van der Waals surface area contributed by atoms with Gasteiger partial charge in [0.05, 0.1) is 48.1 Å². The lowest BCUT2D eigenvalue weighted by Crippen LogP contribution is -2.44. The summed E-state index contributed by atoms with van der Waals surface area (Å²) in [4.78, 5) is 122. The van der Waals surface area contributed by atoms with Crippen molar-refractivity contribution in [1.82, 2.24) is 30.4 Å². The van der Waals surface area contributed by atoms with Crippen LogP contribution in [0.25, 0.3) is 22.3 Å². The van der Waals surface area contributed by atoms with E-state index in [0.717, 1.165) is 16.0 Å². The molecule has 8 rings (SSSR count). The minimum absolute atomic E-state index is 0.0210. The molecule has 3 aliphatic heterocycles. The van der Waals surface area contributed by atoms with Crippen LogP contribution in [0.4, 0.5) is 4.39 Å². The summed E-state index contributed by atoms with van der Waals surface area (Å²) in [7, 11) is 0. The van der Waals surface area contributed by atoms with E-state index < -0.39 is 65.0 Å². The fraction of sp³-hybridized carbons (Fsp3) is 0.412. The van der Waals surface area contributed by atoms with Gasteiger partial charge in [0.15, 0.2) is 11.4 Å². The highest BCUT2D eigenvalue weighted by molar-refractivity contribution is 6.12. The highest BCUT2D eigenvalue weighted by atomic mass is 19.1. The zero-order valence-corrected chi connectivity index (χ0v) is 38.4. The molecule has 0 unspecified atom stereocenters. The van der Waals surface area contributed by atoms with Gasteiger partial charge in [-0.25, -0.2) is 14.2 Å². The van der Waals surface area contributed by atoms with Crippen LogP contribution in [-0.2, 0) is 74.7 Å². The van der Waals surface area contributed by atoms with Crippen molar-refractivity contribution in [2.24, 2.45) is 5.92 Å². The number of ketones is 2. The van der Waals surface area contributed by atoms with Gasteiger partial charge in [0.2, 0.25) is 17.7 Å². The second kappa shape index (κ2) is 20.2. The highest BCUT2D eigenvalue weighted by Crippen LogP contribution is 2.46. The maximum absolute atomic E-state index is 15.4. The SMILES string of the molecule is CC[C@@]1(O)C(=O)OCc2c1cc1n(c2=O)Cc2c-1nc1cc(F)c(C)c3c1c2[C@@H](NC(=O)CNC(=O)[C@@H](CC(=O)CNC(=O)CCC(=O)CCCCCN1C(=O)C=CC1=O)Cc1ccccc1)CC3. The van der Waals surface area contributed by atoms with E-state index in [1.807, 2.05) is 18.2 Å². The number of carbonyl (C=O) groups is 8. The first-order valence-corrected chi connectivity index (χ1v) is 23.3. The number of carbonyl (C=O) groups excluding carboxylic acids is 8. The van der Waals surface area contributed by atoms with Gasteiger partial charge in [-0.05, 0) is 73.8 Å². The molecule has 1 aliphatic carbocycles. The van der Waals surface area contributed by atoms with E-state index in [4.69, 9.17) is 9.72 Å². The zero-order valence-electron chi connectivity index (χ0n) is 38.4. The van der Waals surface area contributed by atoms with Crippen molar-refractivity contribution in [1.29, 1.82) is 0 Å². The smallest absolute Gasteiger partial charge is 0.343 e. The van der Waals surface area contributed by atoms with Gasteiger partial charge in [0.1, 0.15) is 18.2 Å². The molecule has 0 saturated heterocycles. The Hall–Kier alpha value is -7.21. The highest BCUT2D eigenvalue weighted by Gasteiger charge is 2.46. The second-order valence-electron chi connectivity index (χ2n) is 18.1. The third-order valence-electron chi connectivity index (χ3n) is 13.7. The molecule has 0 saturated carbocycles. The van der Waals surface area contributed by atoms with Crippen LogP contribution in [-0.4, -0.2) is 86.3 Å². The molecular formula is C51H53FN6O11. The monoisotopic (exact) mass is 944 g/mol. The van der Waals surface area contributed by atoms with E-state index in [1.165, 1.54) is 22.8 Å². The van der Waals surface area contributed by atoms with Gasteiger partial charge in [-0.3, -0.25) is 43.3 Å². The number of Topliss-reactive ketones (excluding diaryl/α,β-unsaturated/α-hetero) is 2. The van der Waals surface area contributed by atoms with Crippen LogP contribution in [0, 0.1) is 18.7 Å². The minimum atomic E-state index is -2.05. The first-order chi connectivity index (χ1) is 33.1. The first-order valence-electron chi connectivity index (χ1n) is 23.3. The van der Waals surface area contributed by atoms with Crippen LogP contribution in [0.1, 0.15) is 110 Å². The molecule has 17 nitrogen and oxygen atoms in total. The Kier molecular flexibility index (Phi) is 14.1. The number of hydrogen-bond donors (Lipinski definition) is 4. The quantitative estimate of drug-likeness (QED) is 0.0498. The van der Waals surface area contributed by atoms with E-state index in [1.54, 1.807) is 32.0 Å². The topological polar surface area (TPSA) is 240 Å². The fourth-order valence-corrected chi connectivity index (χ4v) is 9.84. The van der Waals surface area contributed by atoms with Gasteiger partial charge in [-0.15, -0.1) is 0 Å². The molecule has 0 spiro atoms. The Morgan fingerprint density at radius 1 is 0.899 bits per heavy atom. The van der Waals surface area contributed by atoms with Crippen molar-refractivity contribution in [2.45, 2.75) is 109 Å². The Morgan fingerprint density at radius 2 is 1.65 bits per heavy atom. The Morgan fingerprint density at radius 3 is 2.39 bits per heavy atom. The molecule has 0 fully saturated rings. The predicted octanol–water partition coefficient (Wildman–Crippen LogP) is 3.52. The van der Waals surface area contributed by atoms with Gasteiger partial charge in [-0.2, -0.15) is 0 Å². The number of esters is 1. The number of aromatic nitrogens is 2. The summed E-state index contributed by atoms with van der Waals surface area (Å²) in [6.07, 6.45) is 4.89. The lowest BCUT2D eigenvalue weighted by Gasteiger charge is -2.31. The van der Waals surface area contributed by atoms with Crippen molar-refractivity contribution in [3.8, 4) is 11.4 Å². The molecule has 4 aliphatic rings. The third-order valence-corrected chi connectivity index (χ3v) is 13.7. The molecule has 18 heteroatoms. The maximum Gasteiger partial charge on any atom is 0.343 e. The number of nitrogens with one attached hydrogen (secondary N) is 3. The van der Waals surface area contributed by atoms with E-state index >= 15 is 4.39 Å². The lowest BCUT2D eigenvalue weighted by molar-refractivity contribution is -0.172. The van der Waals surface area contributed by atoms with Crippen LogP contribution in [0.2, 0.25) is 0 Å². The number of aliphatic hydroxyl groups is 1. The summed E-state index contributed by atoms with van der Waals surface area (Å²) in [6.45, 7) is 2.48. The number of fused-ring (bicyclic) bond motifs is 5. The number of benzene rings is 2. The number of amides is 5. The number of hydrogen-bond acceptors (Lipinski definition) is 12. The van der Waals surface area contributed by atoms with Gasteiger partial charge >= 0.3 is 5.97 Å². The number of imide groups is 1. The molecular weight excluding hydrogens is 892 g/mol. The molecule has 0 bridgehead atoms. The van der Waals surface area contributed by atoms with Crippen LogP contribution in [0.15, 0.2) is 59.4 Å². The van der Waals surface area contributed by atoms with Gasteiger partial charge < -0.3 is 30.4 Å². The van der Waals surface area contributed by atoms with Crippen molar-refractivity contribution in [2.75, 3.05) is 19.6 Å². The third kappa shape index (κ3) is 9.89. The Balaban J connectivity index is 0.899. The minimum Gasteiger partial charge on any atom is -0.458 e. The molecule has 0 radical (unpaired) electrons. The molecule has 5 amide bonds. The number of unbranched alkanes of at least 4 members (excludes halogenated alkanes) is 2. The largest absolute Gasteiger partial charge is 0.458 e. The molecule has 3 atom stereocenters.